The largest absolute Gasteiger partial charge is 0.329 e. The van der Waals surface area contributed by atoms with E-state index in [1.165, 1.54) is 6.92 Å². The quantitative estimate of drug-likeness (QED) is 0.843. The van der Waals surface area contributed by atoms with E-state index in [9.17, 15) is 19.2 Å². The summed E-state index contributed by atoms with van der Waals surface area (Å²) in [6.07, 6.45) is 0. The Labute approximate surface area is 145 Å². The second kappa shape index (κ2) is 7.01. The maximum Gasteiger partial charge on any atom is 0.329 e. The van der Waals surface area contributed by atoms with Crippen molar-refractivity contribution in [1.82, 2.24) is 9.55 Å². The third kappa shape index (κ3) is 3.84. The molecule has 0 fully saturated rings. The molecule has 0 radical (unpaired) electrons. The number of Topliss-reactive ketones (excluding diaryl/α,β-unsaturated/α-hetero) is 1. The maximum atomic E-state index is 12.9. The molecule has 0 aliphatic rings. The average Bonchev–Trinajstić information content (AvgIpc) is 2.48. The predicted molar refractivity (Wildman–Crippen MR) is 95.4 cm³/mol. The van der Waals surface area contributed by atoms with Crippen LogP contribution in [0.1, 0.15) is 59.4 Å². The van der Waals surface area contributed by atoms with Gasteiger partial charge in [-0.1, -0.05) is 31.0 Å². The minimum Gasteiger partial charge on any atom is -0.303 e. The molecule has 6 heteroatoms. The summed E-state index contributed by atoms with van der Waals surface area (Å²) in [6.45, 7) is 8.28. The Morgan fingerprint density at radius 3 is 2.12 bits per heavy atom. The number of nitrogens with one attached hydrogen (secondary N) is 1. The summed E-state index contributed by atoms with van der Waals surface area (Å²) in [4.78, 5) is 51.7. The monoisotopic (exact) mass is 342 g/mol. The number of hydrogen-bond donors (Lipinski definition) is 1. The van der Waals surface area contributed by atoms with Crippen molar-refractivity contribution in [3.05, 3.63) is 67.0 Å². The summed E-state index contributed by atoms with van der Waals surface area (Å²) in [6, 6.07) is 5.38. The molecule has 1 heterocycles. The first-order chi connectivity index (χ1) is 11.6. The Morgan fingerprint density at radius 2 is 1.64 bits per heavy atom. The van der Waals surface area contributed by atoms with Crippen molar-refractivity contribution in [3.8, 4) is 0 Å². The zero-order valence-corrected chi connectivity index (χ0v) is 15.1. The fourth-order valence-corrected chi connectivity index (χ4v) is 2.92. The second-order valence-corrected chi connectivity index (χ2v) is 6.67. The summed E-state index contributed by atoms with van der Waals surface area (Å²) >= 11 is 0. The SMILES string of the molecule is CC(=O)Cn1c(=O)[nH]c(C(=O)c2cc(C)cc(C)c2)c(C(C)C)c1=O. The van der Waals surface area contributed by atoms with E-state index in [1.54, 1.807) is 26.0 Å². The van der Waals surface area contributed by atoms with Gasteiger partial charge in [-0.15, -0.1) is 0 Å². The third-order valence-electron chi connectivity index (χ3n) is 3.89. The first kappa shape index (κ1) is 18.6. The lowest BCUT2D eigenvalue weighted by Crippen LogP contribution is -2.41. The van der Waals surface area contributed by atoms with E-state index in [1.807, 2.05) is 19.9 Å². The molecule has 0 saturated carbocycles. The highest BCUT2D eigenvalue weighted by Gasteiger charge is 2.23. The molecule has 1 N–H and O–H groups in total. The molecule has 0 saturated heterocycles. The molecule has 0 amide bonds. The normalized spacial score (nSPS) is 11.0. The van der Waals surface area contributed by atoms with Crippen LogP contribution < -0.4 is 11.2 Å². The van der Waals surface area contributed by atoms with Crippen molar-refractivity contribution in [2.24, 2.45) is 0 Å². The maximum absolute atomic E-state index is 12.9. The van der Waals surface area contributed by atoms with Crippen LogP contribution in [-0.2, 0) is 11.3 Å². The second-order valence-electron chi connectivity index (χ2n) is 6.67. The Balaban J connectivity index is 2.73. The highest BCUT2D eigenvalue weighted by Crippen LogP contribution is 2.18. The number of H-pyrrole nitrogens is 1. The highest BCUT2D eigenvalue weighted by atomic mass is 16.2. The van der Waals surface area contributed by atoms with Crippen LogP contribution in [0.2, 0.25) is 0 Å². The molecule has 0 aliphatic heterocycles. The molecule has 1 aromatic carbocycles. The standard InChI is InChI=1S/C19H22N2O4/c1-10(2)15-16(17(23)14-7-11(3)6-12(4)8-14)20-19(25)21(18(15)24)9-13(5)22/h6-8,10H,9H2,1-5H3,(H,20,25). The lowest BCUT2D eigenvalue weighted by molar-refractivity contribution is -0.117. The van der Waals surface area contributed by atoms with Gasteiger partial charge in [-0.05, 0) is 38.8 Å². The molecule has 2 aromatic rings. The summed E-state index contributed by atoms with van der Waals surface area (Å²) in [5, 5.41) is 0. The minimum absolute atomic E-state index is 0.00481. The van der Waals surface area contributed by atoms with Gasteiger partial charge in [0, 0.05) is 11.1 Å². The fraction of sp³-hybridized carbons (Fsp3) is 0.368. The minimum atomic E-state index is -0.752. The summed E-state index contributed by atoms with van der Waals surface area (Å²) in [5.74, 6) is -0.997. The number of carbonyl (C=O) groups excluding carboxylic acids is 2. The number of carbonyl (C=O) groups is 2. The third-order valence-corrected chi connectivity index (χ3v) is 3.89. The van der Waals surface area contributed by atoms with Crippen LogP contribution in [0.15, 0.2) is 27.8 Å². The molecule has 25 heavy (non-hydrogen) atoms. The molecular weight excluding hydrogens is 320 g/mol. The smallest absolute Gasteiger partial charge is 0.303 e. The van der Waals surface area contributed by atoms with Gasteiger partial charge in [0.1, 0.15) is 5.78 Å². The number of aromatic amines is 1. The van der Waals surface area contributed by atoms with E-state index < -0.39 is 17.0 Å². The molecule has 2 rings (SSSR count). The molecule has 0 bridgehead atoms. The van der Waals surface area contributed by atoms with Gasteiger partial charge in [0.15, 0.2) is 0 Å². The van der Waals surface area contributed by atoms with Gasteiger partial charge in [-0.3, -0.25) is 19.0 Å². The highest BCUT2D eigenvalue weighted by molar-refractivity contribution is 6.08. The number of aromatic nitrogens is 2. The fourth-order valence-electron chi connectivity index (χ4n) is 2.92. The summed E-state index contributed by atoms with van der Waals surface area (Å²) in [7, 11) is 0. The van der Waals surface area contributed by atoms with Crippen molar-refractivity contribution in [1.29, 1.82) is 0 Å². The number of ketones is 2. The van der Waals surface area contributed by atoms with E-state index in [2.05, 4.69) is 4.98 Å². The number of benzene rings is 1. The van der Waals surface area contributed by atoms with Gasteiger partial charge in [0.2, 0.25) is 5.78 Å². The average molecular weight is 342 g/mol. The first-order valence-electron chi connectivity index (χ1n) is 8.11. The Morgan fingerprint density at radius 1 is 1.08 bits per heavy atom. The van der Waals surface area contributed by atoms with Gasteiger partial charge in [0.05, 0.1) is 12.2 Å². The van der Waals surface area contributed by atoms with Crippen LogP contribution in [-0.4, -0.2) is 21.1 Å². The molecule has 6 nitrogen and oxygen atoms in total. The van der Waals surface area contributed by atoms with E-state index in [-0.39, 0.29) is 29.5 Å². The van der Waals surface area contributed by atoms with Crippen LogP contribution in [0.5, 0.6) is 0 Å². The van der Waals surface area contributed by atoms with E-state index in [4.69, 9.17) is 0 Å². The number of nitrogens with zero attached hydrogens (tertiary/aromatic N) is 1. The van der Waals surface area contributed by atoms with Crippen molar-refractivity contribution in [2.75, 3.05) is 0 Å². The summed E-state index contributed by atoms with van der Waals surface area (Å²) < 4.78 is 0.843. The van der Waals surface area contributed by atoms with Crippen molar-refractivity contribution in [3.63, 3.8) is 0 Å². The van der Waals surface area contributed by atoms with Crippen molar-refractivity contribution in [2.45, 2.75) is 47.1 Å². The predicted octanol–water partition coefficient (Wildman–Crippen LogP) is 2.10. The van der Waals surface area contributed by atoms with Gasteiger partial charge < -0.3 is 4.98 Å². The van der Waals surface area contributed by atoms with Crippen LogP contribution >= 0.6 is 0 Å². The van der Waals surface area contributed by atoms with Gasteiger partial charge in [-0.2, -0.15) is 0 Å². The lowest BCUT2D eigenvalue weighted by Gasteiger charge is -2.14. The Hall–Kier alpha value is -2.76. The zero-order chi connectivity index (χ0) is 18.9. The molecule has 0 spiro atoms. The Bertz CT molecular complexity index is 944. The topological polar surface area (TPSA) is 89.0 Å². The molecule has 0 aliphatic carbocycles. The van der Waals surface area contributed by atoms with Crippen LogP contribution in [0.25, 0.3) is 0 Å². The van der Waals surface area contributed by atoms with Crippen LogP contribution in [0.3, 0.4) is 0 Å². The molecule has 0 unspecified atom stereocenters. The van der Waals surface area contributed by atoms with Gasteiger partial charge in [-0.25, -0.2) is 4.79 Å². The number of aryl methyl sites for hydroxylation is 2. The van der Waals surface area contributed by atoms with Crippen LogP contribution in [0, 0.1) is 13.8 Å². The number of rotatable bonds is 5. The van der Waals surface area contributed by atoms with E-state index in [0.29, 0.717) is 5.56 Å². The van der Waals surface area contributed by atoms with E-state index in [0.717, 1.165) is 15.7 Å². The zero-order valence-electron chi connectivity index (χ0n) is 15.1. The van der Waals surface area contributed by atoms with Crippen molar-refractivity contribution < 1.29 is 9.59 Å². The van der Waals surface area contributed by atoms with Gasteiger partial charge in [0.25, 0.3) is 5.56 Å². The Kier molecular flexibility index (Phi) is 5.21. The van der Waals surface area contributed by atoms with Crippen LogP contribution in [0.4, 0.5) is 0 Å². The van der Waals surface area contributed by atoms with E-state index >= 15 is 0 Å². The molecule has 1 aromatic heterocycles. The van der Waals surface area contributed by atoms with Crippen molar-refractivity contribution >= 4 is 11.6 Å². The molecule has 0 atom stereocenters. The first-order valence-corrected chi connectivity index (χ1v) is 8.11. The summed E-state index contributed by atoms with van der Waals surface area (Å²) in [5.41, 5.74) is 1.11. The van der Waals surface area contributed by atoms with Gasteiger partial charge >= 0.3 is 5.69 Å². The molecular formula is C19H22N2O4. The molecule has 132 valence electrons. The number of hydrogen-bond acceptors (Lipinski definition) is 4. The lowest BCUT2D eigenvalue weighted by atomic mass is 9.96.